The first-order valence-corrected chi connectivity index (χ1v) is 5.97. The van der Waals surface area contributed by atoms with E-state index in [0.29, 0.717) is 12.5 Å². The molecule has 2 heteroatoms. The average Bonchev–Trinajstić information content (AvgIpc) is 2.81. The lowest BCUT2D eigenvalue weighted by molar-refractivity contribution is 0.278. The fourth-order valence-corrected chi connectivity index (χ4v) is 2.30. The first kappa shape index (κ1) is 10.6. The second-order valence-corrected chi connectivity index (χ2v) is 4.48. The largest absolute Gasteiger partial charge is 0.482 e. The Balaban J connectivity index is 1.80. The first-order chi connectivity index (χ1) is 7.36. The Morgan fingerprint density at radius 1 is 1.20 bits per heavy atom. The van der Waals surface area contributed by atoms with Crippen LogP contribution in [0.4, 0.5) is 0 Å². The maximum Gasteiger partial charge on any atom is 0.163 e. The second kappa shape index (κ2) is 5.26. The van der Waals surface area contributed by atoms with Gasteiger partial charge < -0.3 is 4.74 Å². The van der Waals surface area contributed by atoms with Gasteiger partial charge in [-0.05, 0) is 30.6 Å². The van der Waals surface area contributed by atoms with Gasteiger partial charge in [0.2, 0.25) is 0 Å². The second-order valence-electron chi connectivity index (χ2n) is 4.07. The Morgan fingerprint density at radius 3 is 2.53 bits per heavy atom. The molecular formula is C13H16OS. The van der Waals surface area contributed by atoms with Gasteiger partial charge in [-0.15, -0.1) is 0 Å². The predicted molar refractivity (Wildman–Crippen MR) is 65.8 cm³/mol. The summed E-state index contributed by atoms with van der Waals surface area (Å²) in [7, 11) is 0. The Hall–Kier alpha value is -0.890. The lowest BCUT2D eigenvalue weighted by Gasteiger charge is -2.12. The minimum atomic E-state index is 0.531. The van der Waals surface area contributed by atoms with Gasteiger partial charge in [0.05, 0.1) is 0 Å². The highest BCUT2D eigenvalue weighted by Gasteiger charge is 2.20. The van der Waals surface area contributed by atoms with Crippen molar-refractivity contribution in [3.05, 3.63) is 35.9 Å². The average molecular weight is 220 g/mol. The SMILES string of the molecule is S=C(OCc1ccccc1)C1CCCC1. The number of benzene rings is 1. The molecule has 80 valence electrons. The number of hydrogen-bond donors (Lipinski definition) is 0. The topological polar surface area (TPSA) is 9.23 Å². The molecule has 0 heterocycles. The van der Waals surface area contributed by atoms with Gasteiger partial charge in [0.25, 0.3) is 0 Å². The lowest BCUT2D eigenvalue weighted by Crippen LogP contribution is -2.12. The van der Waals surface area contributed by atoms with Crippen LogP contribution in [0, 0.1) is 5.92 Å². The summed E-state index contributed by atoms with van der Waals surface area (Å²) in [5.41, 5.74) is 1.19. The molecule has 1 saturated carbocycles. The molecule has 0 bridgehead atoms. The molecule has 0 amide bonds. The van der Waals surface area contributed by atoms with E-state index in [-0.39, 0.29) is 0 Å². The molecular weight excluding hydrogens is 204 g/mol. The molecule has 1 aromatic rings. The van der Waals surface area contributed by atoms with Crippen LogP contribution >= 0.6 is 12.2 Å². The molecule has 0 unspecified atom stereocenters. The van der Waals surface area contributed by atoms with Gasteiger partial charge in [0.15, 0.2) is 5.05 Å². The molecule has 0 atom stereocenters. The summed E-state index contributed by atoms with van der Waals surface area (Å²) in [5.74, 6) is 0.531. The fraction of sp³-hybridized carbons (Fsp3) is 0.462. The minimum Gasteiger partial charge on any atom is -0.482 e. The van der Waals surface area contributed by atoms with E-state index in [1.807, 2.05) is 18.2 Å². The highest BCUT2D eigenvalue weighted by Crippen LogP contribution is 2.26. The highest BCUT2D eigenvalue weighted by molar-refractivity contribution is 7.80. The zero-order valence-electron chi connectivity index (χ0n) is 8.82. The summed E-state index contributed by atoms with van der Waals surface area (Å²) >= 11 is 5.29. The van der Waals surface area contributed by atoms with Crippen LogP contribution < -0.4 is 0 Å². The van der Waals surface area contributed by atoms with E-state index in [4.69, 9.17) is 17.0 Å². The fourth-order valence-electron chi connectivity index (χ4n) is 2.01. The van der Waals surface area contributed by atoms with E-state index in [1.54, 1.807) is 0 Å². The van der Waals surface area contributed by atoms with Crippen molar-refractivity contribution in [1.29, 1.82) is 0 Å². The Labute approximate surface area is 96.5 Å². The van der Waals surface area contributed by atoms with Gasteiger partial charge >= 0.3 is 0 Å². The summed E-state index contributed by atoms with van der Waals surface area (Å²) in [5, 5.41) is 0.816. The van der Waals surface area contributed by atoms with Crippen LogP contribution in [0.15, 0.2) is 30.3 Å². The first-order valence-electron chi connectivity index (χ1n) is 5.57. The summed E-state index contributed by atoms with van der Waals surface area (Å²) in [6.45, 7) is 0.621. The van der Waals surface area contributed by atoms with Crippen molar-refractivity contribution in [3.63, 3.8) is 0 Å². The summed E-state index contributed by atoms with van der Waals surface area (Å²) in [4.78, 5) is 0. The zero-order valence-corrected chi connectivity index (χ0v) is 9.63. The van der Waals surface area contributed by atoms with E-state index in [9.17, 15) is 0 Å². The van der Waals surface area contributed by atoms with E-state index < -0.39 is 0 Å². The van der Waals surface area contributed by atoms with Gasteiger partial charge in [-0.3, -0.25) is 0 Å². The van der Waals surface area contributed by atoms with Crippen molar-refractivity contribution in [2.45, 2.75) is 32.3 Å². The molecule has 15 heavy (non-hydrogen) atoms. The summed E-state index contributed by atoms with van der Waals surface area (Å²) in [6, 6.07) is 10.2. The van der Waals surface area contributed by atoms with E-state index in [2.05, 4.69) is 12.1 Å². The van der Waals surface area contributed by atoms with Crippen LogP contribution in [0.3, 0.4) is 0 Å². The molecule has 0 saturated heterocycles. The van der Waals surface area contributed by atoms with Gasteiger partial charge in [0, 0.05) is 5.92 Å². The summed E-state index contributed by atoms with van der Waals surface area (Å²) < 4.78 is 5.64. The minimum absolute atomic E-state index is 0.531. The molecule has 1 aliphatic carbocycles. The van der Waals surface area contributed by atoms with Gasteiger partial charge in [-0.25, -0.2) is 0 Å². The number of ether oxygens (including phenoxy) is 1. The van der Waals surface area contributed by atoms with Crippen LogP contribution in [-0.4, -0.2) is 5.05 Å². The van der Waals surface area contributed by atoms with E-state index in [0.717, 1.165) is 5.05 Å². The molecule has 1 fully saturated rings. The Bertz CT molecular complexity index is 315. The molecule has 1 nitrogen and oxygen atoms in total. The molecule has 0 N–H and O–H groups in total. The van der Waals surface area contributed by atoms with Crippen molar-refractivity contribution in [3.8, 4) is 0 Å². The number of rotatable bonds is 3. The van der Waals surface area contributed by atoms with Crippen LogP contribution in [0.5, 0.6) is 0 Å². The van der Waals surface area contributed by atoms with Gasteiger partial charge in [-0.2, -0.15) is 0 Å². The smallest absolute Gasteiger partial charge is 0.163 e. The van der Waals surface area contributed by atoms with Gasteiger partial charge in [-0.1, -0.05) is 43.2 Å². The number of hydrogen-bond acceptors (Lipinski definition) is 2. The third-order valence-corrected chi connectivity index (χ3v) is 3.36. The van der Waals surface area contributed by atoms with Crippen LogP contribution in [0.25, 0.3) is 0 Å². The molecule has 0 aromatic heterocycles. The van der Waals surface area contributed by atoms with Crippen molar-refractivity contribution >= 4 is 17.3 Å². The molecule has 1 aromatic carbocycles. The van der Waals surface area contributed by atoms with Crippen LogP contribution in [-0.2, 0) is 11.3 Å². The molecule has 2 rings (SSSR count). The number of thiocarbonyl (C=S) groups is 1. The summed E-state index contributed by atoms with van der Waals surface area (Å²) in [6.07, 6.45) is 5.04. The van der Waals surface area contributed by atoms with Crippen LogP contribution in [0.2, 0.25) is 0 Å². The third-order valence-electron chi connectivity index (χ3n) is 2.91. The quantitative estimate of drug-likeness (QED) is 0.718. The molecule has 0 aliphatic heterocycles. The van der Waals surface area contributed by atoms with Crippen molar-refractivity contribution in [2.24, 2.45) is 5.92 Å². The molecule has 1 aliphatic rings. The Kier molecular flexibility index (Phi) is 3.73. The standard InChI is InChI=1S/C13H16OS/c15-13(12-8-4-5-9-12)14-10-11-6-2-1-3-7-11/h1-3,6-7,12H,4-5,8-10H2. The van der Waals surface area contributed by atoms with Crippen molar-refractivity contribution in [2.75, 3.05) is 0 Å². The molecule has 0 spiro atoms. The van der Waals surface area contributed by atoms with Gasteiger partial charge in [0.1, 0.15) is 6.61 Å². The van der Waals surface area contributed by atoms with Crippen LogP contribution in [0.1, 0.15) is 31.2 Å². The lowest BCUT2D eigenvalue weighted by atomic mass is 10.1. The van der Waals surface area contributed by atoms with Crippen molar-refractivity contribution < 1.29 is 4.74 Å². The zero-order chi connectivity index (χ0) is 10.5. The van der Waals surface area contributed by atoms with E-state index in [1.165, 1.54) is 31.2 Å². The maximum absolute atomic E-state index is 5.64. The molecule has 0 radical (unpaired) electrons. The Morgan fingerprint density at radius 2 is 1.87 bits per heavy atom. The normalized spacial score (nSPS) is 16.5. The highest BCUT2D eigenvalue weighted by atomic mass is 32.1. The van der Waals surface area contributed by atoms with Crippen molar-refractivity contribution in [1.82, 2.24) is 0 Å². The monoisotopic (exact) mass is 220 g/mol. The van der Waals surface area contributed by atoms with E-state index >= 15 is 0 Å². The maximum atomic E-state index is 5.64. The third kappa shape index (κ3) is 3.03. The predicted octanol–water partition coefficient (Wildman–Crippen LogP) is 3.72.